The molecule has 1 aliphatic carbocycles. The fourth-order valence-electron chi connectivity index (χ4n) is 3.26. The van der Waals surface area contributed by atoms with E-state index in [1.54, 1.807) is 0 Å². The number of ether oxygens (including phenoxy) is 1. The molecule has 1 aromatic heterocycles. The van der Waals surface area contributed by atoms with Gasteiger partial charge in [-0.1, -0.05) is 13.8 Å². The fourth-order valence-corrected chi connectivity index (χ4v) is 3.26. The highest BCUT2D eigenvalue weighted by Crippen LogP contribution is 2.37. The van der Waals surface area contributed by atoms with E-state index in [0.717, 1.165) is 43.6 Å². The molecule has 0 spiro atoms. The maximum atomic E-state index is 5.58. The van der Waals surface area contributed by atoms with E-state index in [9.17, 15) is 0 Å². The summed E-state index contributed by atoms with van der Waals surface area (Å²) in [7, 11) is 0. The van der Waals surface area contributed by atoms with E-state index >= 15 is 0 Å². The molecule has 0 amide bonds. The van der Waals surface area contributed by atoms with Crippen LogP contribution < -0.4 is 5.32 Å². The Balaban J connectivity index is 1.90. The van der Waals surface area contributed by atoms with Gasteiger partial charge in [-0.2, -0.15) is 0 Å². The van der Waals surface area contributed by atoms with Gasteiger partial charge in [-0.15, -0.1) is 0 Å². The summed E-state index contributed by atoms with van der Waals surface area (Å²) in [4.78, 5) is 9.71. The van der Waals surface area contributed by atoms with Crippen LogP contribution in [0, 0.1) is 5.92 Å². The molecule has 4 nitrogen and oxygen atoms in total. The summed E-state index contributed by atoms with van der Waals surface area (Å²) in [6, 6.07) is 0. The summed E-state index contributed by atoms with van der Waals surface area (Å²) in [5, 5.41) is 3.47. The van der Waals surface area contributed by atoms with E-state index in [-0.39, 0.29) is 0 Å². The van der Waals surface area contributed by atoms with Crippen molar-refractivity contribution in [1.82, 2.24) is 9.97 Å². The van der Waals surface area contributed by atoms with Gasteiger partial charge in [0.2, 0.25) is 0 Å². The molecule has 0 bridgehead atoms. The second kappa shape index (κ2) is 6.08. The molecule has 20 heavy (non-hydrogen) atoms. The van der Waals surface area contributed by atoms with Crippen molar-refractivity contribution in [2.75, 3.05) is 18.5 Å². The Morgan fingerprint density at radius 1 is 1.30 bits per heavy atom. The van der Waals surface area contributed by atoms with Crippen LogP contribution in [0.3, 0.4) is 0 Å². The number of hydrogen-bond acceptors (Lipinski definition) is 4. The smallest absolute Gasteiger partial charge is 0.135 e. The van der Waals surface area contributed by atoms with Crippen molar-refractivity contribution < 1.29 is 4.74 Å². The standard InChI is InChI=1S/C16H25N3O/c1-3-7-17-16-13-10-20-8-6-14(13)18-15(19-16)12-5-4-11(2)9-12/h11-12H,3-10H2,1-2H3,(H,17,18,19). The molecule has 0 aromatic carbocycles. The molecule has 1 saturated carbocycles. The van der Waals surface area contributed by atoms with Gasteiger partial charge in [0.1, 0.15) is 11.6 Å². The maximum absolute atomic E-state index is 5.58. The highest BCUT2D eigenvalue weighted by atomic mass is 16.5. The van der Waals surface area contributed by atoms with Crippen LogP contribution in [0.4, 0.5) is 5.82 Å². The van der Waals surface area contributed by atoms with Crippen LogP contribution >= 0.6 is 0 Å². The summed E-state index contributed by atoms with van der Waals surface area (Å²) in [6.45, 7) is 6.92. The number of hydrogen-bond donors (Lipinski definition) is 1. The van der Waals surface area contributed by atoms with Crippen molar-refractivity contribution in [1.29, 1.82) is 0 Å². The zero-order valence-corrected chi connectivity index (χ0v) is 12.6. The molecule has 1 aromatic rings. The molecule has 0 radical (unpaired) electrons. The second-order valence-electron chi connectivity index (χ2n) is 6.20. The van der Waals surface area contributed by atoms with Crippen molar-refractivity contribution in [3.8, 4) is 0 Å². The van der Waals surface area contributed by atoms with Gasteiger partial charge in [0.15, 0.2) is 0 Å². The molecule has 2 aliphatic rings. The highest BCUT2D eigenvalue weighted by Gasteiger charge is 2.27. The number of fused-ring (bicyclic) bond motifs is 1. The quantitative estimate of drug-likeness (QED) is 0.916. The minimum Gasteiger partial charge on any atom is -0.376 e. The van der Waals surface area contributed by atoms with E-state index in [1.807, 2.05) is 0 Å². The summed E-state index contributed by atoms with van der Waals surface area (Å²) in [5.74, 6) is 3.45. The largest absolute Gasteiger partial charge is 0.376 e. The summed E-state index contributed by atoms with van der Waals surface area (Å²) < 4.78 is 5.58. The molecule has 2 unspecified atom stereocenters. The average molecular weight is 275 g/mol. The number of aromatic nitrogens is 2. The van der Waals surface area contributed by atoms with Gasteiger partial charge in [-0.05, 0) is 31.6 Å². The summed E-state index contributed by atoms with van der Waals surface area (Å²) in [6.07, 6.45) is 5.82. The van der Waals surface area contributed by atoms with Crippen LogP contribution in [-0.4, -0.2) is 23.1 Å². The number of nitrogens with one attached hydrogen (secondary N) is 1. The van der Waals surface area contributed by atoms with Crippen LogP contribution in [0.1, 0.15) is 62.5 Å². The predicted molar refractivity (Wildman–Crippen MR) is 79.9 cm³/mol. The molecule has 1 fully saturated rings. The molecule has 4 heteroatoms. The molecule has 2 atom stereocenters. The molecule has 1 N–H and O–H groups in total. The van der Waals surface area contributed by atoms with Crippen LogP contribution in [0.15, 0.2) is 0 Å². The third kappa shape index (κ3) is 2.80. The third-order valence-corrected chi connectivity index (χ3v) is 4.44. The minimum absolute atomic E-state index is 0.556. The normalized spacial score (nSPS) is 25.5. The van der Waals surface area contributed by atoms with Gasteiger partial charge >= 0.3 is 0 Å². The Morgan fingerprint density at radius 3 is 2.95 bits per heavy atom. The number of anilines is 1. The predicted octanol–water partition coefficient (Wildman–Crippen LogP) is 3.27. The van der Waals surface area contributed by atoms with E-state index in [2.05, 4.69) is 19.2 Å². The lowest BCUT2D eigenvalue weighted by Crippen LogP contribution is -2.19. The zero-order chi connectivity index (χ0) is 13.9. The van der Waals surface area contributed by atoms with Crippen LogP contribution in [0.25, 0.3) is 0 Å². The molecule has 3 rings (SSSR count). The van der Waals surface area contributed by atoms with E-state index in [4.69, 9.17) is 14.7 Å². The maximum Gasteiger partial charge on any atom is 0.135 e. The van der Waals surface area contributed by atoms with Crippen LogP contribution in [0.5, 0.6) is 0 Å². The Labute approximate surface area is 121 Å². The van der Waals surface area contributed by atoms with Crippen molar-refractivity contribution >= 4 is 5.82 Å². The summed E-state index contributed by atoms with van der Waals surface area (Å²) >= 11 is 0. The first-order valence-electron chi connectivity index (χ1n) is 7.99. The summed E-state index contributed by atoms with van der Waals surface area (Å²) in [5.41, 5.74) is 2.39. The Morgan fingerprint density at radius 2 is 2.20 bits per heavy atom. The molecule has 1 aliphatic heterocycles. The molecular formula is C16H25N3O. The lowest BCUT2D eigenvalue weighted by molar-refractivity contribution is 0.109. The third-order valence-electron chi connectivity index (χ3n) is 4.44. The monoisotopic (exact) mass is 275 g/mol. The SMILES string of the molecule is CCCNc1nc(C2CCC(C)C2)nc2c1COCC2. The minimum atomic E-state index is 0.556. The van der Waals surface area contributed by atoms with Crippen molar-refractivity contribution in [3.05, 3.63) is 17.1 Å². The topological polar surface area (TPSA) is 47.0 Å². The molecule has 0 saturated heterocycles. The van der Waals surface area contributed by atoms with E-state index in [1.165, 1.54) is 30.5 Å². The van der Waals surface area contributed by atoms with E-state index in [0.29, 0.717) is 12.5 Å². The Kier molecular flexibility index (Phi) is 4.20. The van der Waals surface area contributed by atoms with Gasteiger partial charge in [0, 0.05) is 24.4 Å². The van der Waals surface area contributed by atoms with Crippen LogP contribution in [0.2, 0.25) is 0 Å². The second-order valence-corrected chi connectivity index (χ2v) is 6.20. The fraction of sp³-hybridized carbons (Fsp3) is 0.750. The Hall–Kier alpha value is -1.16. The van der Waals surface area contributed by atoms with Gasteiger partial charge in [0.05, 0.1) is 18.9 Å². The lowest BCUT2D eigenvalue weighted by atomic mass is 10.0. The highest BCUT2D eigenvalue weighted by molar-refractivity contribution is 5.47. The molecular weight excluding hydrogens is 250 g/mol. The van der Waals surface area contributed by atoms with Gasteiger partial charge in [-0.3, -0.25) is 0 Å². The average Bonchev–Trinajstić information content (AvgIpc) is 2.91. The number of nitrogens with zero attached hydrogens (tertiary/aromatic N) is 2. The molecule has 110 valence electrons. The van der Waals surface area contributed by atoms with Gasteiger partial charge in [-0.25, -0.2) is 9.97 Å². The number of rotatable bonds is 4. The first-order chi connectivity index (χ1) is 9.78. The lowest BCUT2D eigenvalue weighted by Gasteiger charge is -2.21. The van der Waals surface area contributed by atoms with Crippen LogP contribution in [-0.2, 0) is 17.8 Å². The van der Waals surface area contributed by atoms with Gasteiger partial charge in [0.25, 0.3) is 0 Å². The van der Waals surface area contributed by atoms with Crippen molar-refractivity contribution in [3.63, 3.8) is 0 Å². The Bertz CT molecular complexity index is 475. The first kappa shape index (κ1) is 13.8. The van der Waals surface area contributed by atoms with Gasteiger partial charge < -0.3 is 10.1 Å². The van der Waals surface area contributed by atoms with E-state index < -0.39 is 0 Å². The van der Waals surface area contributed by atoms with Crippen molar-refractivity contribution in [2.24, 2.45) is 5.92 Å². The van der Waals surface area contributed by atoms with Crippen molar-refractivity contribution in [2.45, 2.75) is 58.5 Å². The first-order valence-corrected chi connectivity index (χ1v) is 7.99. The molecule has 2 heterocycles. The zero-order valence-electron chi connectivity index (χ0n) is 12.6.